The molecule has 4 rings (SSSR count). The van der Waals surface area contributed by atoms with Crippen LogP contribution in [0.1, 0.15) is 89.9 Å². The fourth-order valence-corrected chi connectivity index (χ4v) is 6.06. The summed E-state index contributed by atoms with van der Waals surface area (Å²) in [6.45, 7) is 10.2. The third-order valence-corrected chi connectivity index (χ3v) is 8.62. The van der Waals surface area contributed by atoms with Gasteiger partial charge in [0.2, 0.25) is 5.79 Å². The van der Waals surface area contributed by atoms with E-state index in [1.807, 2.05) is 26.2 Å². The van der Waals surface area contributed by atoms with E-state index in [1.54, 1.807) is 13.0 Å². The first kappa shape index (κ1) is 27.4. The largest absolute Gasteiger partial charge is 0.455 e. The molecule has 0 spiro atoms. The molecule has 7 unspecified atom stereocenters. The van der Waals surface area contributed by atoms with Crippen molar-refractivity contribution in [1.82, 2.24) is 4.98 Å². The Bertz CT molecular complexity index is 1000. The van der Waals surface area contributed by atoms with Crippen molar-refractivity contribution < 1.29 is 34.0 Å². The number of rotatable bonds is 3. The number of aliphatic hydroxyl groups excluding tert-OH is 1. The Labute approximate surface area is 217 Å². The number of esters is 1. The number of epoxide rings is 2. The van der Waals surface area contributed by atoms with Gasteiger partial charge in [-0.15, -0.1) is 11.3 Å². The number of hydrogen-bond acceptors (Lipinski definition) is 9. The van der Waals surface area contributed by atoms with Crippen LogP contribution in [0.4, 0.5) is 0 Å². The van der Waals surface area contributed by atoms with Crippen molar-refractivity contribution in [3.05, 3.63) is 21.7 Å². The molecule has 0 aliphatic carbocycles. The van der Waals surface area contributed by atoms with Crippen LogP contribution < -0.4 is 0 Å². The lowest BCUT2D eigenvalue weighted by atomic mass is 9.75. The Hall–Kier alpha value is -1.65. The van der Waals surface area contributed by atoms with Crippen LogP contribution in [0.5, 0.6) is 0 Å². The Morgan fingerprint density at radius 3 is 2.67 bits per heavy atom. The zero-order valence-corrected chi connectivity index (χ0v) is 22.7. The molecular weight excluding hydrogens is 482 g/mol. The molecule has 0 radical (unpaired) electrons. The summed E-state index contributed by atoms with van der Waals surface area (Å²) in [4.78, 5) is 30.6. The standard InChI is InChI=1S/C27H39NO7S/c1-15-7-6-8-20-27(32,35-20)24(31)22(16(2)12-18-14-36-25(28-18)19-13-33-19)34-21(29)9-10-26(4,5)23(30)17(3)11-15/h12,14-15,17,19-20,22,24,31-32H,6-11,13H2,1-5H3. The molecule has 8 nitrogen and oxygen atoms in total. The first-order chi connectivity index (χ1) is 16.9. The molecule has 1 aromatic heterocycles. The number of cyclic esters (lactones) is 1. The van der Waals surface area contributed by atoms with E-state index in [-0.39, 0.29) is 24.2 Å². The number of fused-ring (bicyclic) bond motifs is 1. The summed E-state index contributed by atoms with van der Waals surface area (Å²) in [5.41, 5.74) is 0.554. The van der Waals surface area contributed by atoms with Crippen LogP contribution in [0.15, 0.2) is 11.0 Å². The minimum Gasteiger partial charge on any atom is -0.455 e. The van der Waals surface area contributed by atoms with Gasteiger partial charge < -0.3 is 24.4 Å². The van der Waals surface area contributed by atoms with Gasteiger partial charge in [-0.05, 0) is 43.8 Å². The number of ether oxygens (including phenoxy) is 3. The topological polar surface area (TPSA) is 122 Å². The number of Topliss-reactive ketones (excluding diaryl/α,β-unsaturated/α-hetero) is 1. The van der Waals surface area contributed by atoms with Crippen molar-refractivity contribution in [2.75, 3.05) is 6.61 Å². The lowest BCUT2D eigenvalue weighted by Gasteiger charge is -2.29. The van der Waals surface area contributed by atoms with Crippen molar-refractivity contribution in [1.29, 1.82) is 0 Å². The van der Waals surface area contributed by atoms with Crippen LogP contribution in [-0.4, -0.2) is 57.7 Å². The summed E-state index contributed by atoms with van der Waals surface area (Å²) in [6.07, 6.45) is 2.13. The molecule has 1 aromatic rings. The fourth-order valence-electron chi connectivity index (χ4n) is 5.25. The van der Waals surface area contributed by atoms with E-state index in [0.29, 0.717) is 36.6 Å². The molecule has 200 valence electrons. The van der Waals surface area contributed by atoms with Gasteiger partial charge in [-0.25, -0.2) is 4.98 Å². The zero-order valence-electron chi connectivity index (χ0n) is 21.9. The number of carbonyl (C=O) groups is 2. The maximum atomic E-state index is 13.1. The molecule has 3 fully saturated rings. The molecule has 0 bridgehead atoms. The Morgan fingerprint density at radius 1 is 1.25 bits per heavy atom. The van der Waals surface area contributed by atoms with Crippen molar-refractivity contribution in [3.8, 4) is 0 Å². The number of ketones is 1. The Balaban J connectivity index is 1.55. The monoisotopic (exact) mass is 521 g/mol. The molecule has 0 saturated carbocycles. The first-order valence-electron chi connectivity index (χ1n) is 13.0. The molecule has 3 saturated heterocycles. The number of hydrogen-bond donors (Lipinski definition) is 2. The molecule has 7 atom stereocenters. The van der Waals surface area contributed by atoms with Gasteiger partial charge in [0.1, 0.15) is 23.0 Å². The van der Waals surface area contributed by atoms with Gasteiger partial charge in [0, 0.05) is 23.1 Å². The number of aromatic nitrogens is 1. The Morgan fingerprint density at radius 2 is 1.97 bits per heavy atom. The van der Waals surface area contributed by atoms with Crippen molar-refractivity contribution in [2.24, 2.45) is 17.3 Å². The quantitative estimate of drug-likeness (QED) is 0.448. The van der Waals surface area contributed by atoms with Crippen LogP contribution >= 0.6 is 11.3 Å². The van der Waals surface area contributed by atoms with Crippen molar-refractivity contribution in [3.63, 3.8) is 0 Å². The van der Waals surface area contributed by atoms with Gasteiger partial charge >= 0.3 is 5.97 Å². The van der Waals surface area contributed by atoms with E-state index in [0.717, 1.165) is 24.3 Å². The molecule has 2 N–H and O–H groups in total. The second-order valence-electron chi connectivity index (χ2n) is 11.5. The zero-order chi connectivity index (χ0) is 26.3. The normalized spacial score (nSPS) is 38.2. The van der Waals surface area contributed by atoms with Crippen LogP contribution in [0.3, 0.4) is 0 Å². The molecule has 0 amide bonds. The number of thiazole rings is 1. The highest BCUT2D eigenvalue weighted by atomic mass is 32.1. The molecule has 9 heteroatoms. The molecular formula is C27H39NO7S. The van der Waals surface area contributed by atoms with Crippen molar-refractivity contribution >= 4 is 29.2 Å². The molecule has 0 aromatic carbocycles. The minimum atomic E-state index is -1.77. The van der Waals surface area contributed by atoms with Gasteiger partial charge in [-0.1, -0.05) is 40.5 Å². The van der Waals surface area contributed by atoms with E-state index in [1.165, 1.54) is 11.3 Å². The second kappa shape index (κ2) is 10.6. The van der Waals surface area contributed by atoms with E-state index < -0.39 is 35.5 Å². The van der Waals surface area contributed by atoms with Gasteiger partial charge in [0.25, 0.3) is 0 Å². The highest BCUT2D eigenvalue weighted by molar-refractivity contribution is 7.09. The summed E-state index contributed by atoms with van der Waals surface area (Å²) in [5, 5.41) is 25.0. The number of carbonyl (C=O) groups excluding carboxylic acids is 2. The fraction of sp³-hybridized carbons (Fsp3) is 0.741. The van der Waals surface area contributed by atoms with Crippen LogP contribution in [0, 0.1) is 17.3 Å². The van der Waals surface area contributed by atoms with Gasteiger partial charge in [-0.2, -0.15) is 0 Å². The summed E-state index contributed by atoms with van der Waals surface area (Å²) in [6, 6.07) is 0. The maximum Gasteiger partial charge on any atom is 0.306 e. The molecule has 36 heavy (non-hydrogen) atoms. The smallest absolute Gasteiger partial charge is 0.306 e. The predicted octanol–water partition coefficient (Wildman–Crippen LogP) is 4.20. The average molecular weight is 522 g/mol. The number of aliphatic hydroxyl groups is 2. The number of nitrogens with zero attached hydrogens (tertiary/aromatic N) is 1. The Kier molecular flexibility index (Phi) is 8.07. The third-order valence-electron chi connectivity index (χ3n) is 7.66. The highest BCUT2D eigenvalue weighted by Crippen LogP contribution is 2.44. The van der Waals surface area contributed by atoms with Crippen LogP contribution in [0.25, 0.3) is 6.08 Å². The maximum absolute atomic E-state index is 13.1. The summed E-state index contributed by atoms with van der Waals surface area (Å²) in [5.74, 6) is -1.90. The van der Waals surface area contributed by atoms with Crippen LogP contribution in [0.2, 0.25) is 0 Å². The summed E-state index contributed by atoms with van der Waals surface area (Å²) >= 11 is 1.49. The highest BCUT2D eigenvalue weighted by Gasteiger charge is 2.63. The van der Waals surface area contributed by atoms with Crippen molar-refractivity contribution in [2.45, 2.75) is 103 Å². The van der Waals surface area contributed by atoms with E-state index in [4.69, 9.17) is 14.2 Å². The summed E-state index contributed by atoms with van der Waals surface area (Å²) in [7, 11) is 0. The van der Waals surface area contributed by atoms with E-state index in [9.17, 15) is 19.8 Å². The van der Waals surface area contributed by atoms with E-state index in [2.05, 4.69) is 11.9 Å². The van der Waals surface area contributed by atoms with Gasteiger partial charge in [-0.3, -0.25) is 9.59 Å². The third kappa shape index (κ3) is 6.25. The van der Waals surface area contributed by atoms with Gasteiger partial charge in [0.15, 0.2) is 12.2 Å². The minimum absolute atomic E-state index is 0.0279. The lowest BCUT2D eigenvalue weighted by Crippen LogP contribution is -2.45. The molecule has 3 aliphatic heterocycles. The first-order valence-corrected chi connectivity index (χ1v) is 13.9. The lowest BCUT2D eigenvalue weighted by molar-refractivity contribution is -0.165. The van der Waals surface area contributed by atoms with E-state index >= 15 is 0 Å². The van der Waals surface area contributed by atoms with Crippen LogP contribution in [-0.2, 0) is 23.8 Å². The van der Waals surface area contributed by atoms with Gasteiger partial charge in [0.05, 0.1) is 12.3 Å². The molecule has 3 aliphatic rings. The second-order valence-corrected chi connectivity index (χ2v) is 12.3. The SMILES string of the molecule is CC(=Cc1csc(C2CO2)n1)C1OC(=O)CCC(C)(C)C(=O)C(C)CC(C)CCCC2OC2(O)C1O. The average Bonchev–Trinajstić information content (AvgIpc) is 3.73. The summed E-state index contributed by atoms with van der Waals surface area (Å²) < 4.78 is 16.6. The predicted molar refractivity (Wildman–Crippen MR) is 135 cm³/mol. The molecule has 4 heterocycles.